The molecular formula is C12H27O3P. The molecule has 1 N–H and O–H groups in total. The summed E-state index contributed by atoms with van der Waals surface area (Å²) in [6.07, 6.45) is -0.435. The molecule has 0 aliphatic rings. The van der Waals surface area contributed by atoms with Gasteiger partial charge >= 0.3 is 0 Å². The highest BCUT2D eigenvalue weighted by Gasteiger charge is 2.28. The molecule has 0 rings (SSSR count). The summed E-state index contributed by atoms with van der Waals surface area (Å²) in [5, 5.41) is 8.83. The van der Waals surface area contributed by atoms with Crippen LogP contribution >= 0.6 is 9.24 Å². The largest absolute Gasteiger partial charge is 0.391 e. The minimum Gasteiger partial charge on any atom is -0.391 e. The van der Waals surface area contributed by atoms with Crippen LogP contribution < -0.4 is 0 Å². The van der Waals surface area contributed by atoms with Crippen molar-refractivity contribution in [3.05, 3.63) is 0 Å². The third kappa shape index (κ3) is 7.56. The molecule has 3 nitrogen and oxygen atoms in total. The Morgan fingerprint density at radius 1 is 1.06 bits per heavy atom. The number of aliphatic hydroxyl groups is 1. The molecule has 98 valence electrons. The lowest BCUT2D eigenvalue weighted by atomic mass is 10.1. The van der Waals surface area contributed by atoms with E-state index in [4.69, 9.17) is 9.47 Å². The predicted molar refractivity (Wildman–Crippen MR) is 70.6 cm³/mol. The van der Waals surface area contributed by atoms with Crippen molar-refractivity contribution in [3.8, 4) is 0 Å². The molecule has 0 bridgehead atoms. The Morgan fingerprint density at radius 2 is 1.56 bits per heavy atom. The van der Waals surface area contributed by atoms with Gasteiger partial charge < -0.3 is 14.6 Å². The zero-order valence-corrected chi connectivity index (χ0v) is 12.6. The molecule has 0 radical (unpaired) electrons. The van der Waals surface area contributed by atoms with Gasteiger partial charge in [-0.2, -0.15) is 0 Å². The van der Waals surface area contributed by atoms with Crippen molar-refractivity contribution in [2.45, 2.75) is 58.6 Å². The van der Waals surface area contributed by atoms with Gasteiger partial charge in [-0.25, -0.2) is 0 Å². The summed E-state index contributed by atoms with van der Waals surface area (Å²) in [4.78, 5) is 0. The van der Waals surface area contributed by atoms with E-state index < -0.39 is 6.10 Å². The molecule has 0 saturated carbocycles. The second kappa shape index (κ2) is 6.30. The average molecular weight is 250 g/mol. The Balaban J connectivity index is 4.08. The summed E-state index contributed by atoms with van der Waals surface area (Å²) in [5.74, 6) is 0.246. The molecule has 0 heterocycles. The van der Waals surface area contributed by atoms with Crippen LogP contribution in [0.25, 0.3) is 0 Å². The van der Waals surface area contributed by atoms with Crippen LogP contribution in [0.5, 0.6) is 0 Å². The zero-order chi connectivity index (χ0) is 13.0. The van der Waals surface area contributed by atoms with E-state index in [0.717, 1.165) is 0 Å². The Hall–Kier alpha value is 0.310. The topological polar surface area (TPSA) is 38.7 Å². The lowest BCUT2D eigenvalue weighted by Crippen LogP contribution is -2.36. The molecule has 0 aromatic carbocycles. The molecule has 0 spiro atoms. The highest BCUT2D eigenvalue weighted by molar-refractivity contribution is 7.18. The van der Waals surface area contributed by atoms with Crippen LogP contribution in [-0.2, 0) is 9.47 Å². The van der Waals surface area contributed by atoms with E-state index in [2.05, 4.69) is 16.2 Å². The molecule has 0 aromatic heterocycles. The fourth-order valence-electron chi connectivity index (χ4n) is 0.983. The first-order chi connectivity index (χ1) is 7.04. The van der Waals surface area contributed by atoms with E-state index >= 15 is 0 Å². The van der Waals surface area contributed by atoms with E-state index in [-0.39, 0.29) is 16.9 Å². The van der Waals surface area contributed by atoms with Gasteiger partial charge in [0.25, 0.3) is 0 Å². The lowest BCUT2D eigenvalue weighted by molar-refractivity contribution is -0.0833. The fourth-order valence-corrected chi connectivity index (χ4v) is 1.18. The van der Waals surface area contributed by atoms with Gasteiger partial charge in [-0.15, -0.1) is 9.24 Å². The third-order valence-corrected chi connectivity index (χ3v) is 3.12. The number of hydrogen-bond acceptors (Lipinski definition) is 3. The van der Waals surface area contributed by atoms with E-state index in [1.807, 2.05) is 27.7 Å². The van der Waals surface area contributed by atoms with Gasteiger partial charge in [0.1, 0.15) is 0 Å². The standard InChI is InChI=1S/C12H27O3P/c1-9(7-14-11(3,4)5)12(6,16)15-8-10(2)13/h9-10,13H,7-8,16H2,1-6H3. The minimum absolute atomic E-state index is 0.126. The summed E-state index contributed by atoms with van der Waals surface area (Å²) in [5.41, 5.74) is -0.126. The minimum atomic E-state index is -0.435. The van der Waals surface area contributed by atoms with E-state index in [9.17, 15) is 5.11 Å². The highest BCUT2D eigenvalue weighted by Crippen LogP contribution is 2.30. The first-order valence-corrected chi connectivity index (χ1v) is 6.37. The molecule has 0 aromatic rings. The predicted octanol–water partition coefficient (Wildman–Crippen LogP) is 2.43. The van der Waals surface area contributed by atoms with Crippen molar-refractivity contribution >= 4 is 9.24 Å². The number of rotatable bonds is 6. The SMILES string of the molecule is CC(O)COC(C)(P)C(C)COC(C)(C)C. The summed E-state index contributed by atoms with van der Waals surface area (Å²) in [7, 11) is 2.70. The van der Waals surface area contributed by atoms with Crippen LogP contribution in [0.1, 0.15) is 41.5 Å². The van der Waals surface area contributed by atoms with Gasteiger partial charge in [-0.1, -0.05) is 6.92 Å². The Kier molecular flexibility index (Phi) is 6.42. The van der Waals surface area contributed by atoms with Gasteiger partial charge in [0.2, 0.25) is 0 Å². The van der Waals surface area contributed by atoms with E-state index in [1.54, 1.807) is 6.92 Å². The molecular weight excluding hydrogens is 223 g/mol. The van der Waals surface area contributed by atoms with Gasteiger partial charge in [-0.3, -0.25) is 0 Å². The van der Waals surface area contributed by atoms with Crippen LogP contribution in [0, 0.1) is 5.92 Å². The van der Waals surface area contributed by atoms with Crippen LogP contribution in [-0.4, -0.2) is 35.4 Å². The van der Waals surface area contributed by atoms with Gasteiger partial charge in [0.05, 0.1) is 30.3 Å². The Morgan fingerprint density at radius 3 is 1.94 bits per heavy atom. The van der Waals surface area contributed by atoms with Crippen molar-refractivity contribution in [1.82, 2.24) is 0 Å². The molecule has 16 heavy (non-hydrogen) atoms. The highest BCUT2D eigenvalue weighted by atomic mass is 31.0. The lowest BCUT2D eigenvalue weighted by Gasteiger charge is -2.34. The summed E-state index contributed by atoms with van der Waals surface area (Å²) < 4.78 is 11.4. The first-order valence-electron chi connectivity index (χ1n) is 5.79. The van der Waals surface area contributed by atoms with Crippen molar-refractivity contribution in [2.75, 3.05) is 13.2 Å². The normalized spacial score (nSPS) is 20.2. The van der Waals surface area contributed by atoms with Gasteiger partial charge in [0.15, 0.2) is 0 Å². The van der Waals surface area contributed by atoms with Crippen LogP contribution in [0.3, 0.4) is 0 Å². The molecule has 0 aliphatic carbocycles. The second-order valence-corrected chi connectivity index (χ2v) is 6.81. The molecule has 0 saturated heterocycles. The number of hydrogen-bond donors (Lipinski definition) is 1. The monoisotopic (exact) mass is 250 g/mol. The number of aliphatic hydroxyl groups excluding tert-OH is 1. The first kappa shape index (κ1) is 16.3. The van der Waals surface area contributed by atoms with Crippen LogP contribution in [0.4, 0.5) is 0 Å². The quantitative estimate of drug-likeness (QED) is 0.736. The van der Waals surface area contributed by atoms with E-state index in [1.165, 1.54) is 0 Å². The van der Waals surface area contributed by atoms with Gasteiger partial charge in [0, 0.05) is 5.92 Å². The van der Waals surface area contributed by atoms with Crippen LogP contribution in [0.15, 0.2) is 0 Å². The summed E-state index contributed by atoms with van der Waals surface area (Å²) >= 11 is 0. The maximum Gasteiger partial charge on any atom is 0.0833 e. The molecule has 0 aliphatic heterocycles. The molecule has 0 fully saturated rings. The zero-order valence-electron chi connectivity index (χ0n) is 11.4. The maximum absolute atomic E-state index is 9.19. The molecule has 0 amide bonds. The number of ether oxygens (including phenoxy) is 2. The Bertz CT molecular complexity index is 197. The molecule has 4 atom stereocenters. The second-order valence-electron chi connectivity index (χ2n) is 5.67. The maximum atomic E-state index is 9.19. The molecule has 4 unspecified atom stereocenters. The van der Waals surface area contributed by atoms with Gasteiger partial charge in [-0.05, 0) is 34.6 Å². The van der Waals surface area contributed by atoms with Crippen molar-refractivity contribution in [3.63, 3.8) is 0 Å². The summed E-state index contributed by atoms with van der Waals surface area (Å²) in [6.45, 7) is 12.9. The smallest absolute Gasteiger partial charge is 0.0833 e. The fraction of sp³-hybridized carbons (Fsp3) is 1.00. The van der Waals surface area contributed by atoms with Crippen molar-refractivity contribution in [2.24, 2.45) is 5.92 Å². The Labute approximate surface area is 102 Å². The average Bonchev–Trinajstić information content (AvgIpc) is 2.09. The molecule has 4 heteroatoms. The third-order valence-electron chi connectivity index (χ3n) is 2.38. The van der Waals surface area contributed by atoms with Crippen molar-refractivity contribution in [1.29, 1.82) is 0 Å². The van der Waals surface area contributed by atoms with E-state index in [0.29, 0.717) is 13.2 Å². The van der Waals surface area contributed by atoms with Crippen molar-refractivity contribution < 1.29 is 14.6 Å². The van der Waals surface area contributed by atoms with Crippen LogP contribution in [0.2, 0.25) is 0 Å². The summed E-state index contributed by atoms with van der Waals surface area (Å²) in [6, 6.07) is 0.